The summed E-state index contributed by atoms with van der Waals surface area (Å²) < 4.78 is 0. The lowest BCUT2D eigenvalue weighted by molar-refractivity contribution is -0.122. The third-order valence-corrected chi connectivity index (χ3v) is 3.61. The molecule has 0 aliphatic carbocycles. The normalized spacial score (nSPS) is 22.4. The Balaban J connectivity index is 1.87. The van der Waals surface area contributed by atoms with Crippen molar-refractivity contribution in [1.29, 1.82) is 0 Å². The predicted molar refractivity (Wildman–Crippen MR) is 79.9 cm³/mol. The summed E-state index contributed by atoms with van der Waals surface area (Å²) in [7, 11) is 3.97. The van der Waals surface area contributed by atoms with Crippen molar-refractivity contribution < 1.29 is 9.90 Å². The largest absolute Gasteiger partial charge is 0.390 e. The number of anilines is 1. The van der Waals surface area contributed by atoms with Crippen molar-refractivity contribution in [2.24, 2.45) is 0 Å². The highest BCUT2D eigenvalue weighted by Crippen LogP contribution is 2.13. The number of β-amino-alcohol motifs (C(OH)–C–C–N with tert-alkyl or cyclic N) is 1. The van der Waals surface area contributed by atoms with Gasteiger partial charge in [-0.1, -0.05) is 12.1 Å². The van der Waals surface area contributed by atoms with E-state index in [0.717, 1.165) is 24.2 Å². The summed E-state index contributed by atoms with van der Waals surface area (Å²) in [5.41, 5.74) is 2.10. The first-order valence-corrected chi connectivity index (χ1v) is 7.00. The number of benzene rings is 1. The van der Waals surface area contributed by atoms with Crippen molar-refractivity contribution in [3.63, 3.8) is 0 Å². The summed E-state index contributed by atoms with van der Waals surface area (Å²) in [6.45, 7) is 1.38. The molecule has 1 aromatic carbocycles. The van der Waals surface area contributed by atoms with Crippen LogP contribution in [0.2, 0.25) is 0 Å². The van der Waals surface area contributed by atoms with Crippen LogP contribution in [0.4, 0.5) is 5.69 Å². The molecule has 0 spiro atoms. The predicted octanol–water partition coefficient (Wildman–Crippen LogP) is 0.134. The number of nitrogens with zero attached hydrogens (tertiary/aromatic N) is 1. The molecule has 0 bridgehead atoms. The molecule has 1 amide bonds. The Morgan fingerprint density at radius 3 is 2.70 bits per heavy atom. The fourth-order valence-electron chi connectivity index (χ4n) is 2.37. The van der Waals surface area contributed by atoms with Crippen LogP contribution in [-0.4, -0.2) is 50.3 Å². The summed E-state index contributed by atoms with van der Waals surface area (Å²) in [4.78, 5) is 14.0. The van der Waals surface area contributed by atoms with Gasteiger partial charge in [-0.05, 0) is 30.7 Å². The van der Waals surface area contributed by atoms with Gasteiger partial charge < -0.3 is 20.6 Å². The lowest BCUT2D eigenvalue weighted by Crippen LogP contribution is -2.52. The Morgan fingerprint density at radius 1 is 1.40 bits per heavy atom. The number of hydrogen-bond acceptors (Lipinski definition) is 4. The quantitative estimate of drug-likeness (QED) is 0.732. The molecular formula is C15H23N3O2. The topological polar surface area (TPSA) is 64.6 Å². The van der Waals surface area contributed by atoms with E-state index in [0.29, 0.717) is 13.0 Å². The second-order valence-corrected chi connectivity index (χ2v) is 5.47. The van der Waals surface area contributed by atoms with E-state index in [4.69, 9.17) is 0 Å². The molecule has 3 N–H and O–H groups in total. The van der Waals surface area contributed by atoms with Gasteiger partial charge >= 0.3 is 0 Å². The van der Waals surface area contributed by atoms with Crippen molar-refractivity contribution in [3.8, 4) is 0 Å². The summed E-state index contributed by atoms with van der Waals surface area (Å²) in [5.74, 6) is -0.0337. The van der Waals surface area contributed by atoms with Gasteiger partial charge in [0.1, 0.15) is 0 Å². The van der Waals surface area contributed by atoms with Crippen LogP contribution in [-0.2, 0) is 11.2 Å². The zero-order chi connectivity index (χ0) is 14.5. The third kappa shape index (κ3) is 3.95. The van der Waals surface area contributed by atoms with Crippen LogP contribution in [0.25, 0.3) is 0 Å². The zero-order valence-electron chi connectivity index (χ0n) is 12.1. The van der Waals surface area contributed by atoms with Crippen molar-refractivity contribution >= 4 is 11.6 Å². The summed E-state index contributed by atoms with van der Waals surface area (Å²) in [6, 6.07) is 7.80. The van der Waals surface area contributed by atoms with E-state index in [1.54, 1.807) is 0 Å². The minimum atomic E-state index is -0.496. The number of carbonyl (C=O) groups is 1. The van der Waals surface area contributed by atoms with Gasteiger partial charge in [-0.25, -0.2) is 0 Å². The Kier molecular flexibility index (Phi) is 4.98. The molecule has 0 unspecified atom stereocenters. The molecule has 20 heavy (non-hydrogen) atoms. The molecule has 1 saturated heterocycles. The van der Waals surface area contributed by atoms with Crippen LogP contribution in [0.5, 0.6) is 0 Å². The number of hydrogen-bond donors (Lipinski definition) is 3. The van der Waals surface area contributed by atoms with E-state index in [9.17, 15) is 9.90 Å². The standard InChI is InChI=1S/C15H23N3O2/c1-18(2)12-5-3-11(4-6-12)9-15(20)17-13-7-8-16-10-14(13)19/h3-6,13-14,16,19H,7-10H2,1-2H3,(H,17,20)/t13-,14-/m1/s1. The maximum atomic E-state index is 12.0. The molecule has 5 heteroatoms. The molecule has 1 fully saturated rings. The van der Waals surface area contributed by atoms with Crippen LogP contribution in [0.1, 0.15) is 12.0 Å². The van der Waals surface area contributed by atoms with Crippen LogP contribution in [0.3, 0.4) is 0 Å². The fraction of sp³-hybridized carbons (Fsp3) is 0.533. The van der Waals surface area contributed by atoms with Gasteiger partial charge in [0.2, 0.25) is 5.91 Å². The molecule has 0 saturated carbocycles. The summed E-state index contributed by atoms with van der Waals surface area (Å²) >= 11 is 0. The molecule has 2 atom stereocenters. The number of amides is 1. The van der Waals surface area contributed by atoms with Gasteiger partial charge in [0.25, 0.3) is 0 Å². The van der Waals surface area contributed by atoms with E-state index in [2.05, 4.69) is 10.6 Å². The van der Waals surface area contributed by atoms with E-state index < -0.39 is 6.10 Å². The number of aliphatic hydroxyl groups excluding tert-OH is 1. The van der Waals surface area contributed by atoms with Crippen molar-refractivity contribution in [3.05, 3.63) is 29.8 Å². The average Bonchev–Trinajstić information content (AvgIpc) is 2.42. The van der Waals surface area contributed by atoms with Gasteiger partial charge in [-0.2, -0.15) is 0 Å². The van der Waals surface area contributed by atoms with Crippen LogP contribution in [0, 0.1) is 0 Å². The molecule has 1 heterocycles. The van der Waals surface area contributed by atoms with Crippen molar-refractivity contribution in [1.82, 2.24) is 10.6 Å². The first-order chi connectivity index (χ1) is 9.56. The zero-order valence-corrected chi connectivity index (χ0v) is 12.1. The number of carbonyl (C=O) groups excluding carboxylic acids is 1. The van der Waals surface area contributed by atoms with Crippen LogP contribution in [0.15, 0.2) is 24.3 Å². The number of rotatable bonds is 4. The second-order valence-electron chi connectivity index (χ2n) is 5.47. The Morgan fingerprint density at radius 2 is 2.10 bits per heavy atom. The minimum Gasteiger partial charge on any atom is -0.390 e. The number of nitrogens with one attached hydrogen (secondary N) is 2. The molecule has 1 aromatic rings. The Hall–Kier alpha value is -1.59. The van der Waals surface area contributed by atoms with E-state index in [-0.39, 0.29) is 11.9 Å². The SMILES string of the molecule is CN(C)c1ccc(CC(=O)N[C@@H]2CCNC[C@H]2O)cc1. The Bertz CT molecular complexity index is 445. The van der Waals surface area contributed by atoms with Crippen molar-refractivity contribution in [2.45, 2.75) is 25.0 Å². The molecule has 0 aromatic heterocycles. The van der Waals surface area contributed by atoms with Gasteiger partial charge in [0, 0.05) is 26.3 Å². The molecule has 0 radical (unpaired) electrons. The van der Waals surface area contributed by atoms with Gasteiger partial charge in [-0.3, -0.25) is 4.79 Å². The molecule has 2 rings (SSSR count). The lowest BCUT2D eigenvalue weighted by Gasteiger charge is -2.29. The molecule has 1 aliphatic rings. The van der Waals surface area contributed by atoms with Crippen LogP contribution >= 0.6 is 0 Å². The van der Waals surface area contributed by atoms with E-state index in [1.165, 1.54) is 0 Å². The third-order valence-electron chi connectivity index (χ3n) is 3.61. The molecular weight excluding hydrogens is 254 g/mol. The number of piperidine rings is 1. The van der Waals surface area contributed by atoms with Crippen molar-refractivity contribution in [2.75, 3.05) is 32.1 Å². The summed E-state index contributed by atoms with van der Waals surface area (Å²) in [6.07, 6.45) is 0.625. The van der Waals surface area contributed by atoms with Gasteiger partial charge in [0.05, 0.1) is 18.6 Å². The maximum Gasteiger partial charge on any atom is 0.224 e. The van der Waals surface area contributed by atoms with Crippen LogP contribution < -0.4 is 15.5 Å². The van der Waals surface area contributed by atoms with E-state index >= 15 is 0 Å². The maximum absolute atomic E-state index is 12.0. The molecule has 1 aliphatic heterocycles. The highest BCUT2D eigenvalue weighted by atomic mass is 16.3. The lowest BCUT2D eigenvalue weighted by atomic mass is 10.0. The first kappa shape index (κ1) is 14.8. The average molecular weight is 277 g/mol. The highest BCUT2D eigenvalue weighted by molar-refractivity contribution is 5.79. The van der Waals surface area contributed by atoms with Gasteiger partial charge in [0.15, 0.2) is 0 Å². The number of aliphatic hydroxyl groups is 1. The smallest absolute Gasteiger partial charge is 0.224 e. The summed E-state index contributed by atoms with van der Waals surface area (Å²) in [5, 5.41) is 15.8. The first-order valence-electron chi connectivity index (χ1n) is 7.00. The highest BCUT2D eigenvalue weighted by Gasteiger charge is 2.24. The molecule has 5 nitrogen and oxygen atoms in total. The Labute approximate surface area is 120 Å². The monoisotopic (exact) mass is 277 g/mol. The minimum absolute atomic E-state index is 0.0337. The molecule has 110 valence electrons. The second kappa shape index (κ2) is 6.72. The fourth-order valence-corrected chi connectivity index (χ4v) is 2.37. The van der Waals surface area contributed by atoms with Gasteiger partial charge in [-0.15, -0.1) is 0 Å². The van der Waals surface area contributed by atoms with E-state index in [1.807, 2.05) is 43.3 Å².